The highest BCUT2D eigenvalue weighted by atomic mass is 16.5. The second kappa shape index (κ2) is 10.1. The number of ether oxygens (including phenoxy) is 2. The summed E-state index contributed by atoms with van der Waals surface area (Å²) in [6, 6.07) is 6.82. The summed E-state index contributed by atoms with van der Waals surface area (Å²) in [7, 11) is 0. The van der Waals surface area contributed by atoms with Gasteiger partial charge in [0.25, 0.3) is 0 Å². The highest BCUT2D eigenvalue weighted by Gasteiger charge is 2.04. The predicted molar refractivity (Wildman–Crippen MR) is 89.5 cm³/mol. The molecular formula is C18H22O6. The van der Waals surface area contributed by atoms with Gasteiger partial charge in [0.05, 0.1) is 0 Å². The van der Waals surface area contributed by atoms with E-state index in [2.05, 4.69) is 0 Å². The molecule has 0 saturated heterocycles. The lowest BCUT2D eigenvalue weighted by atomic mass is 10.2. The van der Waals surface area contributed by atoms with Gasteiger partial charge in [-0.3, -0.25) is 0 Å². The quantitative estimate of drug-likeness (QED) is 0.638. The summed E-state index contributed by atoms with van der Waals surface area (Å²) in [4.78, 5) is 21.7. The maximum Gasteiger partial charge on any atom is 0.331 e. The fourth-order valence-electron chi connectivity index (χ4n) is 1.87. The van der Waals surface area contributed by atoms with Crippen molar-refractivity contribution in [1.82, 2.24) is 0 Å². The molecule has 0 aliphatic rings. The van der Waals surface area contributed by atoms with Crippen molar-refractivity contribution < 1.29 is 29.3 Å². The van der Waals surface area contributed by atoms with Gasteiger partial charge in [-0.2, -0.15) is 0 Å². The summed E-state index contributed by atoms with van der Waals surface area (Å²) >= 11 is 0. The number of hydrogen-bond donors (Lipinski definition) is 2. The second-order valence-corrected chi connectivity index (χ2v) is 4.87. The predicted octanol–water partition coefficient (Wildman–Crippen LogP) is 3.29. The Hall–Kier alpha value is -2.76. The largest absolute Gasteiger partial charge is 0.490 e. The van der Waals surface area contributed by atoms with Crippen molar-refractivity contribution in [2.45, 2.75) is 26.7 Å². The Labute approximate surface area is 141 Å². The Kier molecular flexibility index (Phi) is 8.11. The lowest BCUT2D eigenvalue weighted by molar-refractivity contribution is -0.133. The maximum atomic E-state index is 10.8. The molecule has 24 heavy (non-hydrogen) atoms. The third-order valence-corrected chi connectivity index (χ3v) is 3.29. The lowest BCUT2D eigenvalue weighted by Crippen LogP contribution is -2.03. The van der Waals surface area contributed by atoms with Gasteiger partial charge in [-0.25, -0.2) is 9.59 Å². The van der Waals surface area contributed by atoms with E-state index in [1.807, 2.05) is 0 Å². The molecule has 0 heterocycles. The van der Waals surface area contributed by atoms with Crippen LogP contribution in [0, 0.1) is 0 Å². The fraction of sp³-hybridized carbons (Fsp3) is 0.333. The molecule has 2 N–H and O–H groups in total. The van der Waals surface area contributed by atoms with Crippen LogP contribution >= 0.6 is 0 Å². The van der Waals surface area contributed by atoms with Gasteiger partial charge in [-0.15, -0.1) is 0 Å². The van der Waals surface area contributed by atoms with Gasteiger partial charge in [0.15, 0.2) is 0 Å². The normalized spacial score (nSPS) is 11.9. The molecule has 6 nitrogen and oxygen atoms in total. The molecule has 0 spiro atoms. The van der Waals surface area contributed by atoms with E-state index in [1.165, 1.54) is 12.2 Å². The van der Waals surface area contributed by atoms with Crippen LogP contribution < -0.4 is 9.47 Å². The van der Waals surface area contributed by atoms with Crippen molar-refractivity contribution in [1.29, 1.82) is 0 Å². The van der Waals surface area contributed by atoms with Gasteiger partial charge in [0, 0.05) is 11.1 Å². The molecular weight excluding hydrogens is 312 g/mol. The Bertz CT molecular complexity index is 558. The molecule has 0 saturated carbocycles. The molecule has 1 aromatic rings. The van der Waals surface area contributed by atoms with E-state index in [9.17, 15) is 9.59 Å². The van der Waals surface area contributed by atoms with E-state index in [-0.39, 0.29) is 13.2 Å². The first-order valence-corrected chi connectivity index (χ1v) is 7.68. The van der Waals surface area contributed by atoms with Crippen LogP contribution in [0.4, 0.5) is 0 Å². The minimum absolute atomic E-state index is 0.177. The molecule has 0 aromatic heterocycles. The zero-order valence-corrected chi connectivity index (χ0v) is 13.8. The molecule has 1 aromatic carbocycles. The Morgan fingerprint density at radius 3 is 1.42 bits per heavy atom. The van der Waals surface area contributed by atoms with Crippen LogP contribution in [0.1, 0.15) is 26.7 Å². The second-order valence-electron chi connectivity index (χ2n) is 4.87. The van der Waals surface area contributed by atoms with E-state index < -0.39 is 11.9 Å². The average molecular weight is 334 g/mol. The van der Waals surface area contributed by atoms with Gasteiger partial charge < -0.3 is 19.7 Å². The maximum absolute atomic E-state index is 10.8. The summed E-state index contributed by atoms with van der Waals surface area (Å²) in [6.45, 7) is 3.90. The van der Waals surface area contributed by atoms with Crippen LogP contribution in [0.5, 0.6) is 11.5 Å². The first-order valence-electron chi connectivity index (χ1n) is 7.68. The van der Waals surface area contributed by atoms with Crippen LogP contribution in [0.2, 0.25) is 0 Å². The number of rotatable bonds is 10. The van der Waals surface area contributed by atoms with Gasteiger partial charge in [-0.1, -0.05) is 13.8 Å². The molecule has 0 aliphatic heterocycles. The smallest absolute Gasteiger partial charge is 0.331 e. The van der Waals surface area contributed by atoms with Crippen LogP contribution in [0.15, 0.2) is 47.6 Å². The summed E-state index contributed by atoms with van der Waals surface area (Å²) in [5.41, 5.74) is 0.624. The molecule has 6 heteroatoms. The molecule has 0 radical (unpaired) electrons. The van der Waals surface area contributed by atoms with Crippen LogP contribution in [0.25, 0.3) is 0 Å². The number of benzene rings is 1. The van der Waals surface area contributed by atoms with Crippen molar-refractivity contribution in [2.24, 2.45) is 0 Å². The first kappa shape index (κ1) is 19.3. The minimum Gasteiger partial charge on any atom is -0.490 e. The number of carboxylic acid groups (broad SMARTS) is 2. The Morgan fingerprint density at radius 1 is 0.833 bits per heavy atom. The summed E-state index contributed by atoms with van der Waals surface area (Å²) < 4.78 is 10.9. The molecule has 1 rings (SSSR count). The highest BCUT2D eigenvalue weighted by Crippen LogP contribution is 2.18. The lowest BCUT2D eigenvalue weighted by Gasteiger charge is -2.07. The molecule has 0 fully saturated rings. The standard InChI is InChI=1S/C18H22O6/c1-3-13(17(19)20)9-11-23-15-5-7-16(8-6-15)24-12-10-14(4-2)18(21)22/h5-10H,3-4,11-12H2,1-2H3,(H,19,20)(H,21,22). The van der Waals surface area contributed by atoms with E-state index in [1.54, 1.807) is 38.1 Å². The van der Waals surface area contributed by atoms with Gasteiger partial charge in [0.1, 0.15) is 24.7 Å². The molecule has 0 atom stereocenters. The van der Waals surface area contributed by atoms with Crippen molar-refractivity contribution in [3.8, 4) is 11.5 Å². The Balaban J connectivity index is 2.51. The number of carbonyl (C=O) groups is 2. The number of hydrogen-bond acceptors (Lipinski definition) is 4. The molecule has 130 valence electrons. The van der Waals surface area contributed by atoms with Crippen LogP contribution in [0.3, 0.4) is 0 Å². The van der Waals surface area contributed by atoms with Crippen LogP contribution in [-0.4, -0.2) is 35.4 Å². The third-order valence-electron chi connectivity index (χ3n) is 3.29. The monoisotopic (exact) mass is 334 g/mol. The summed E-state index contributed by atoms with van der Waals surface area (Å²) in [6.07, 6.45) is 3.95. The highest BCUT2D eigenvalue weighted by molar-refractivity contribution is 5.86. The van der Waals surface area contributed by atoms with Crippen molar-refractivity contribution >= 4 is 11.9 Å². The fourth-order valence-corrected chi connectivity index (χ4v) is 1.87. The third kappa shape index (κ3) is 6.56. The summed E-state index contributed by atoms with van der Waals surface area (Å²) in [5, 5.41) is 17.8. The van der Waals surface area contributed by atoms with Crippen molar-refractivity contribution in [3.63, 3.8) is 0 Å². The molecule has 0 unspecified atom stereocenters. The SMILES string of the molecule is CCC(=CCOc1ccc(OCC=C(CC)C(=O)O)cc1)C(=O)O. The first-order chi connectivity index (χ1) is 11.5. The zero-order valence-electron chi connectivity index (χ0n) is 13.8. The molecule has 0 aliphatic carbocycles. The number of aliphatic carboxylic acids is 2. The van der Waals surface area contributed by atoms with Crippen LogP contribution in [-0.2, 0) is 9.59 Å². The van der Waals surface area contributed by atoms with E-state index in [4.69, 9.17) is 19.7 Å². The van der Waals surface area contributed by atoms with Gasteiger partial charge >= 0.3 is 11.9 Å². The van der Waals surface area contributed by atoms with E-state index in [0.717, 1.165) is 0 Å². The van der Waals surface area contributed by atoms with Crippen molar-refractivity contribution in [2.75, 3.05) is 13.2 Å². The van der Waals surface area contributed by atoms with Gasteiger partial charge in [0.2, 0.25) is 0 Å². The summed E-state index contributed by atoms with van der Waals surface area (Å²) in [5.74, 6) is -0.694. The topological polar surface area (TPSA) is 93.1 Å². The van der Waals surface area contributed by atoms with E-state index in [0.29, 0.717) is 35.5 Å². The van der Waals surface area contributed by atoms with Gasteiger partial charge in [-0.05, 0) is 49.3 Å². The molecule has 0 amide bonds. The van der Waals surface area contributed by atoms with Crippen molar-refractivity contribution in [3.05, 3.63) is 47.6 Å². The average Bonchev–Trinajstić information content (AvgIpc) is 2.56. The minimum atomic E-state index is -0.939. The van der Waals surface area contributed by atoms with E-state index >= 15 is 0 Å². The number of carboxylic acids is 2. The zero-order chi connectivity index (χ0) is 17.9. The molecule has 0 bridgehead atoms. The Morgan fingerprint density at radius 2 is 1.17 bits per heavy atom.